The molecule has 0 saturated carbocycles. The molecule has 6 nitrogen and oxygen atoms in total. The summed E-state index contributed by atoms with van der Waals surface area (Å²) in [5, 5.41) is 17.5. The van der Waals surface area contributed by atoms with Crippen LogP contribution >= 0.6 is 0 Å². The van der Waals surface area contributed by atoms with Crippen molar-refractivity contribution in [1.82, 2.24) is 10.2 Å². The van der Waals surface area contributed by atoms with Crippen molar-refractivity contribution in [2.24, 2.45) is 0 Å². The van der Waals surface area contributed by atoms with E-state index in [0.29, 0.717) is 16.8 Å². The molecule has 0 atom stereocenters. The number of anilines is 1. The van der Waals surface area contributed by atoms with Gasteiger partial charge in [-0.2, -0.15) is 5.10 Å². The van der Waals surface area contributed by atoms with Gasteiger partial charge in [0.25, 0.3) is 5.91 Å². The molecule has 2 rings (SSSR count). The first kappa shape index (κ1) is 12.6. The Bertz CT molecular complexity index is 601. The van der Waals surface area contributed by atoms with Gasteiger partial charge < -0.3 is 10.4 Å². The molecule has 0 bridgehead atoms. The normalized spacial score (nSPS) is 10.5. The summed E-state index contributed by atoms with van der Waals surface area (Å²) in [4.78, 5) is 22.2. The number of amides is 1. The summed E-state index contributed by atoms with van der Waals surface area (Å²) in [6.07, 6.45) is 5.57. The standard InChI is InChI=1S/C13H11N3O3/c17-12(18)6-3-9-1-4-10(5-2-9)13(19)16-11-7-14-15-8-11/h1-8H,(H,14,15)(H,16,19)(H,17,18). The lowest BCUT2D eigenvalue weighted by atomic mass is 10.1. The molecule has 0 spiro atoms. The molecule has 0 aliphatic rings. The number of carbonyl (C=O) groups is 2. The Morgan fingerprint density at radius 2 is 2.00 bits per heavy atom. The lowest BCUT2D eigenvalue weighted by Gasteiger charge is -2.02. The fourth-order valence-corrected chi connectivity index (χ4v) is 1.44. The summed E-state index contributed by atoms with van der Waals surface area (Å²) >= 11 is 0. The molecule has 3 N–H and O–H groups in total. The molecular formula is C13H11N3O3. The van der Waals surface area contributed by atoms with Crippen LogP contribution in [0.2, 0.25) is 0 Å². The van der Waals surface area contributed by atoms with E-state index in [2.05, 4.69) is 15.5 Å². The number of aromatic amines is 1. The Morgan fingerprint density at radius 3 is 2.58 bits per heavy atom. The summed E-state index contributed by atoms with van der Waals surface area (Å²) in [5.41, 5.74) is 1.77. The van der Waals surface area contributed by atoms with E-state index >= 15 is 0 Å². The molecule has 19 heavy (non-hydrogen) atoms. The van der Waals surface area contributed by atoms with Crippen LogP contribution in [0.4, 0.5) is 5.69 Å². The summed E-state index contributed by atoms with van der Waals surface area (Å²) < 4.78 is 0. The molecule has 1 heterocycles. The zero-order valence-corrected chi connectivity index (χ0v) is 9.83. The number of nitrogens with one attached hydrogen (secondary N) is 2. The molecule has 0 saturated heterocycles. The number of nitrogens with zero attached hydrogens (tertiary/aromatic N) is 1. The number of benzene rings is 1. The van der Waals surface area contributed by atoms with Crippen molar-refractivity contribution in [1.29, 1.82) is 0 Å². The smallest absolute Gasteiger partial charge is 0.328 e. The van der Waals surface area contributed by atoms with Crippen molar-refractivity contribution in [2.45, 2.75) is 0 Å². The first-order valence-electron chi connectivity index (χ1n) is 5.46. The van der Waals surface area contributed by atoms with Crippen LogP contribution in [0.3, 0.4) is 0 Å². The van der Waals surface area contributed by atoms with E-state index in [1.54, 1.807) is 30.5 Å². The van der Waals surface area contributed by atoms with Crippen molar-refractivity contribution in [3.63, 3.8) is 0 Å². The maximum atomic E-state index is 11.8. The van der Waals surface area contributed by atoms with Crippen molar-refractivity contribution in [2.75, 3.05) is 5.32 Å². The fraction of sp³-hybridized carbons (Fsp3) is 0. The second-order valence-electron chi connectivity index (χ2n) is 3.73. The highest BCUT2D eigenvalue weighted by atomic mass is 16.4. The number of aromatic nitrogens is 2. The molecule has 1 amide bonds. The number of carboxylic acids is 1. The average Bonchev–Trinajstić information content (AvgIpc) is 2.89. The maximum Gasteiger partial charge on any atom is 0.328 e. The predicted octanol–water partition coefficient (Wildman–Crippen LogP) is 1.76. The zero-order chi connectivity index (χ0) is 13.7. The van der Waals surface area contributed by atoms with Gasteiger partial charge in [-0.15, -0.1) is 0 Å². The second kappa shape index (κ2) is 5.63. The minimum absolute atomic E-state index is 0.254. The Balaban J connectivity index is 2.05. The monoisotopic (exact) mass is 257 g/mol. The van der Waals surface area contributed by atoms with Crippen molar-refractivity contribution >= 4 is 23.6 Å². The summed E-state index contributed by atoms with van der Waals surface area (Å²) in [5.74, 6) is -1.27. The predicted molar refractivity (Wildman–Crippen MR) is 69.7 cm³/mol. The third kappa shape index (κ3) is 3.53. The van der Waals surface area contributed by atoms with Gasteiger partial charge in [-0.05, 0) is 23.8 Å². The van der Waals surface area contributed by atoms with Gasteiger partial charge in [0, 0.05) is 17.8 Å². The number of carbonyl (C=O) groups excluding carboxylic acids is 1. The number of aliphatic carboxylic acids is 1. The molecule has 2 aromatic rings. The van der Waals surface area contributed by atoms with Crippen molar-refractivity contribution < 1.29 is 14.7 Å². The van der Waals surface area contributed by atoms with E-state index in [0.717, 1.165) is 6.08 Å². The van der Waals surface area contributed by atoms with Gasteiger partial charge >= 0.3 is 5.97 Å². The first-order chi connectivity index (χ1) is 9.15. The number of carboxylic acid groups (broad SMARTS) is 1. The number of hydrogen-bond donors (Lipinski definition) is 3. The van der Waals surface area contributed by atoms with Crippen LogP contribution in [0.15, 0.2) is 42.7 Å². The number of H-pyrrole nitrogens is 1. The molecule has 0 unspecified atom stereocenters. The number of hydrogen-bond acceptors (Lipinski definition) is 3. The van der Waals surface area contributed by atoms with Gasteiger partial charge in [0.15, 0.2) is 0 Å². The minimum atomic E-state index is -1.01. The van der Waals surface area contributed by atoms with Crippen LogP contribution in [0.25, 0.3) is 6.08 Å². The molecule has 0 radical (unpaired) electrons. The van der Waals surface area contributed by atoms with Crippen LogP contribution in [0.5, 0.6) is 0 Å². The van der Waals surface area contributed by atoms with Gasteiger partial charge in [-0.3, -0.25) is 9.89 Å². The Morgan fingerprint density at radius 1 is 1.26 bits per heavy atom. The van der Waals surface area contributed by atoms with Crippen LogP contribution < -0.4 is 5.32 Å². The van der Waals surface area contributed by atoms with Crippen molar-refractivity contribution in [3.8, 4) is 0 Å². The van der Waals surface area contributed by atoms with Gasteiger partial charge in [-0.25, -0.2) is 4.79 Å². The molecule has 0 aliphatic carbocycles. The molecule has 0 fully saturated rings. The first-order valence-corrected chi connectivity index (χ1v) is 5.46. The van der Waals surface area contributed by atoms with E-state index in [1.165, 1.54) is 12.3 Å². The van der Waals surface area contributed by atoms with Gasteiger partial charge in [0.05, 0.1) is 11.9 Å². The molecular weight excluding hydrogens is 246 g/mol. The third-order valence-electron chi connectivity index (χ3n) is 2.35. The minimum Gasteiger partial charge on any atom is -0.478 e. The number of rotatable bonds is 4. The Labute approximate surface area is 108 Å². The van der Waals surface area contributed by atoms with E-state index in [1.807, 2.05) is 0 Å². The van der Waals surface area contributed by atoms with Crippen LogP contribution in [-0.4, -0.2) is 27.2 Å². The highest BCUT2D eigenvalue weighted by molar-refractivity contribution is 6.04. The van der Waals surface area contributed by atoms with E-state index in [-0.39, 0.29) is 5.91 Å². The van der Waals surface area contributed by atoms with Crippen molar-refractivity contribution in [3.05, 3.63) is 53.9 Å². The molecule has 96 valence electrons. The highest BCUT2D eigenvalue weighted by Gasteiger charge is 2.05. The van der Waals surface area contributed by atoms with Gasteiger partial charge in [-0.1, -0.05) is 12.1 Å². The fourth-order valence-electron chi connectivity index (χ4n) is 1.44. The zero-order valence-electron chi connectivity index (χ0n) is 9.83. The van der Waals surface area contributed by atoms with Crippen LogP contribution in [0.1, 0.15) is 15.9 Å². The Hall–Kier alpha value is -2.89. The largest absolute Gasteiger partial charge is 0.478 e. The van der Waals surface area contributed by atoms with E-state index in [4.69, 9.17) is 5.11 Å². The SMILES string of the molecule is O=C(O)C=Cc1ccc(C(=O)Nc2cn[nH]c2)cc1. The molecule has 1 aromatic carbocycles. The summed E-state index contributed by atoms with van der Waals surface area (Å²) in [7, 11) is 0. The third-order valence-corrected chi connectivity index (χ3v) is 2.35. The maximum absolute atomic E-state index is 11.8. The van der Waals surface area contributed by atoms with Gasteiger partial charge in [0.2, 0.25) is 0 Å². The summed E-state index contributed by atoms with van der Waals surface area (Å²) in [6, 6.07) is 6.58. The van der Waals surface area contributed by atoms with Gasteiger partial charge in [0.1, 0.15) is 0 Å². The van der Waals surface area contributed by atoms with E-state index < -0.39 is 5.97 Å². The highest BCUT2D eigenvalue weighted by Crippen LogP contribution is 2.09. The molecule has 6 heteroatoms. The molecule has 1 aromatic heterocycles. The lowest BCUT2D eigenvalue weighted by Crippen LogP contribution is -2.11. The van der Waals surface area contributed by atoms with Crippen LogP contribution in [0, 0.1) is 0 Å². The van der Waals surface area contributed by atoms with E-state index in [9.17, 15) is 9.59 Å². The second-order valence-corrected chi connectivity index (χ2v) is 3.73. The molecule has 0 aliphatic heterocycles. The van der Waals surface area contributed by atoms with Crippen LogP contribution in [-0.2, 0) is 4.79 Å². The summed E-state index contributed by atoms with van der Waals surface area (Å²) in [6.45, 7) is 0. The lowest BCUT2D eigenvalue weighted by molar-refractivity contribution is -0.131. The Kier molecular flexibility index (Phi) is 3.72. The topological polar surface area (TPSA) is 95.1 Å². The average molecular weight is 257 g/mol. The quantitative estimate of drug-likeness (QED) is 0.727.